The van der Waals surface area contributed by atoms with Crippen LogP contribution in [-0.4, -0.2) is 15.0 Å². The van der Waals surface area contributed by atoms with E-state index < -0.39 is 0 Å². The van der Waals surface area contributed by atoms with Crippen molar-refractivity contribution in [1.82, 2.24) is 15.0 Å². The van der Waals surface area contributed by atoms with Crippen molar-refractivity contribution in [2.75, 3.05) is 0 Å². The normalized spacial score (nSPS) is 10.9. The second-order valence-electron chi connectivity index (χ2n) is 6.51. The summed E-state index contributed by atoms with van der Waals surface area (Å²) < 4.78 is 0. The van der Waals surface area contributed by atoms with Crippen molar-refractivity contribution in [2.45, 2.75) is 21.4 Å². The Balaban J connectivity index is 1.59. The summed E-state index contributed by atoms with van der Waals surface area (Å²) in [5.41, 5.74) is 2.85. The first-order valence-corrected chi connectivity index (χ1v) is 12.4. The van der Waals surface area contributed by atoms with Crippen LogP contribution in [0.3, 0.4) is 0 Å². The third-order valence-corrected chi connectivity index (χ3v) is 7.41. The lowest BCUT2D eigenvalue weighted by Crippen LogP contribution is -1.98. The van der Waals surface area contributed by atoms with Crippen molar-refractivity contribution in [3.63, 3.8) is 0 Å². The van der Waals surface area contributed by atoms with Gasteiger partial charge in [-0.05, 0) is 48.0 Å². The van der Waals surface area contributed by atoms with Crippen LogP contribution in [0.2, 0.25) is 15.1 Å². The van der Waals surface area contributed by atoms with Gasteiger partial charge in [0.15, 0.2) is 5.82 Å². The first-order valence-electron chi connectivity index (χ1n) is 9.32. The molecule has 0 saturated carbocycles. The van der Waals surface area contributed by atoms with Gasteiger partial charge in [-0.15, -0.1) is 0 Å². The van der Waals surface area contributed by atoms with Crippen LogP contribution in [-0.2, 0) is 11.5 Å². The predicted octanol–water partition coefficient (Wildman–Crippen LogP) is 8.08. The maximum atomic E-state index is 6.36. The molecule has 0 radical (unpaired) electrons. The van der Waals surface area contributed by atoms with Crippen LogP contribution in [0.5, 0.6) is 0 Å². The highest BCUT2D eigenvalue weighted by molar-refractivity contribution is 7.99. The largest absolute Gasteiger partial charge is 0.253 e. The molecule has 0 bridgehead atoms. The molecule has 2 aromatic heterocycles. The number of benzene rings is 2. The van der Waals surface area contributed by atoms with E-state index in [4.69, 9.17) is 44.8 Å². The van der Waals surface area contributed by atoms with Crippen LogP contribution in [0.15, 0.2) is 82.8 Å². The number of halogens is 3. The van der Waals surface area contributed by atoms with Gasteiger partial charge in [0.2, 0.25) is 0 Å². The summed E-state index contributed by atoms with van der Waals surface area (Å²) in [6.45, 7) is 0. The fraction of sp³-hybridized carbons (Fsp3) is 0.0870. The summed E-state index contributed by atoms with van der Waals surface area (Å²) in [5.74, 6) is 2.17. The number of nitrogens with zero attached hydrogens (tertiary/aromatic N) is 3. The molecule has 0 atom stereocenters. The van der Waals surface area contributed by atoms with Crippen LogP contribution >= 0.6 is 58.3 Å². The molecular weight excluding hydrogens is 489 g/mol. The van der Waals surface area contributed by atoms with Crippen LogP contribution in [0, 0.1) is 0 Å². The fourth-order valence-corrected chi connectivity index (χ4v) is 5.26. The van der Waals surface area contributed by atoms with Crippen molar-refractivity contribution in [3.05, 3.63) is 99.3 Å². The Morgan fingerprint density at radius 3 is 2.26 bits per heavy atom. The molecule has 0 amide bonds. The van der Waals surface area contributed by atoms with Gasteiger partial charge in [0.05, 0.1) is 20.6 Å². The Morgan fingerprint density at radius 1 is 0.774 bits per heavy atom. The second kappa shape index (κ2) is 10.7. The van der Waals surface area contributed by atoms with Gasteiger partial charge in [-0.3, -0.25) is 4.98 Å². The van der Waals surface area contributed by atoms with Crippen LogP contribution in [0.25, 0.3) is 11.5 Å². The van der Waals surface area contributed by atoms with Crippen molar-refractivity contribution in [1.29, 1.82) is 0 Å². The average Bonchev–Trinajstić information content (AvgIpc) is 2.78. The minimum atomic E-state index is 0.580. The Labute approximate surface area is 204 Å². The zero-order valence-corrected chi connectivity index (χ0v) is 20.0. The van der Waals surface area contributed by atoms with Gasteiger partial charge in [-0.2, -0.15) is 11.8 Å². The Bertz CT molecular complexity index is 1150. The summed E-state index contributed by atoms with van der Waals surface area (Å²) in [6.07, 6.45) is 1.73. The van der Waals surface area contributed by atoms with E-state index in [-0.39, 0.29) is 0 Å². The smallest absolute Gasteiger partial charge is 0.179 e. The first-order chi connectivity index (χ1) is 15.1. The van der Waals surface area contributed by atoms with E-state index in [0.717, 1.165) is 37.8 Å². The Morgan fingerprint density at radius 2 is 1.55 bits per heavy atom. The lowest BCUT2D eigenvalue weighted by atomic mass is 10.2. The van der Waals surface area contributed by atoms with Gasteiger partial charge in [-0.25, -0.2) is 9.97 Å². The highest BCUT2D eigenvalue weighted by atomic mass is 35.5. The summed E-state index contributed by atoms with van der Waals surface area (Å²) in [6, 6.07) is 21.0. The Kier molecular flexibility index (Phi) is 7.75. The lowest BCUT2D eigenvalue weighted by molar-refractivity contribution is 0.997. The summed E-state index contributed by atoms with van der Waals surface area (Å²) in [4.78, 5) is 14.6. The van der Waals surface area contributed by atoms with Crippen molar-refractivity contribution in [2.24, 2.45) is 0 Å². The molecule has 0 aliphatic rings. The molecule has 3 nitrogen and oxygen atoms in total. The number of hydrogen-bond donors (Lipinski definition) is 0. The summed E-state index contributed by atoms with van der Waals surface area (Å²) >= 11 is 21.9. The molecule has 31 heavy (non-hydrogen) atoms. The highest BCUT2D eigenvalue weighted by Gasteiger charge is 2.13. The monoisotopic (exact) mass is 503 g/mol. The van der Waals surface area contributed by atoms with E-state index in [9.17, 15) is 0 Å². The van der Waals surface area contributed by atoms with Crippen molar-refractivity contribution >= 4 is 58.3 Å². The molecule has 0 spiro atoms. The first kappa shape index (κ1) is 22.4. The third-order valence-electron chi connectivity index (χ3n) is 4.21. The molecule has 2 aromatic carbocycles. The van der Waals surface area contributed by atoms with Gasteiger partial charge in [0, 0.05) is 22.7 Å². The maximum Gasteiger partial charge on any atom is 0.179 e. The number of thioether (sulfide) groups is 1. The van der Waals surface area contributed by atoms with E-state index in [0.29, 0.717) is 15.9 Å². The molecule has 0 saturated heterocycles. The quantitative estimate of drug-likeness (QED) is 0.238. The molecular formula is C23H16Cl3N3S2. The predicted molar refractivity (Wildman–Crippen MR) is 132 cm³/mol. The van der Waals surface area contributed by atoms with Gasteiger partial charge in [0.25, 0.3) is 0 Å². The minimum Gasteiger partial charge on any atom is -0.253 e. The average molecular weight is 505 g/mol. The van der Waals surface area contributed by atoms with Gasteiger partial charge in [0.1, 0.15) is 10.7 Å². The molecule has 156 valence electrons. The van der Waals surface area contributed by atoms with Crippen LogP contribution in [0.4, 0.5) is 0 Å². The molecule has 2 heterocycles. The number of rotatable bonds is 7. The van der Waals surface area contributed by atoms with E-state index in [1.54, 1.807) is 18.0 Å². The molecule has 0 fully saturated rings. The van der Waals surface area contributed by atoms with E-state index in [1.165, 1.54) is 17.3 Å². The molecule has 0 aliphatic heterocycles. The zero-order chi connectivity index (χ0) is 21.6. The SMILES string of the molecule is Clc1ccc(CSCc2cc(Sc3c(Cl)cccc3Cl)nc(-c3ccccn3)n2)cc1. The van der Waals surface area contributed by atoms with E-state index in [1.807, 2.05) is 66.7 Å². The molecule has 4 aromatic rings. The molecule has 0 aliphatic carbocycles. The third kappa shape index (κ3) is 6.15. The van der Waals surface area contributed by atoms with Crippen molar-refractivity contribution in [3.8, 4) is 11.5 Å². The second-order valence-corrected chi connectivity index (χ2v) is 9.78. The summed E-state index contributed by atoms with van der Waals surface area (Å²) in [7, 11) is 0. The topological polar surface area (TPSA) is 38.7 Å². The van der Waals surface area contributed by atoms with Gasteiger partial charge in [-0.1, -0.05) is 70.8 Å². The summed E-state index contributed by atoms with van der Waals surface area (Å²) in [5, 5.41) is 2.69. The number of pyridine rings is 1. The maximum absolute atomic E-state index is 6.36. The molecule has 8 heteroatoms. The van der Waals surface area contributed by atoms with Crippen LogP contribution < -0.4 is 0 Å². The molecule has 4 rings (SSSR count). The molecule has 0 N–H and O–H groups in total. The minimum absolute atomic E-state index is 0.580. The number of aromatic nitrogens is 3. The van der Waals surface area contributed by atoms with E-state index in [2.05, 4.69) is 4.98 Å². The van der Waals surface area contributed by atoms with Crippen molar-refractivity contribution < 1.29 is 0 Å². The van der Waals surface area contributed by atoms with E-state index >= 15 is 0 Å². The molecule has 0 unspecified atom stereocenters. The Hall–Kier alpha value is -1.76. The zero-order valence-electron chi connectivity index (χ0n) is 16.1. The number of hydrogen-bond acceptors (Lipinski definition) is 5. The highest BCUT2D eigenvalue weighted by Crippen LogP contribution is 2.38. The standard InChI is InChI=1S/C23H16Cl3N3S2/c24-16-9-7-15(8-10-16)13-30-14-17-12-21(31-22-18(25)4-3-5-19(22)26)29-23(28-17)20-6-1-2-11-27-20/h1-12H,13-14H2. The van der Waals surface area contributed by atoms with Gasteiger partial charge >= 0.3 is 0 Å². The lowest BCUT2D eigenvalue weighted by Gasteiger charge is -2.10. The van der Waals surface area contributed by atoms with Crippen LogP contribution in [0.1, 0.15) is 11.3 Å². The van der Waals surface area contributed by atoms with Gasteiger partial charge < -0.3 is 0 Å². The fourth-order valence-electron chi connectivity index (χ4n) is 2.75.